The van der Waals surface area contributed by atoms with Gasteiger partial charge in [-0.05, 0) is 66.4 Å². The molecule has 176 valence electrons. The molecule has 1 aliphatic rings. The maximum absolute atomic E-state index is 13.8. The molecule has 0 spiro atoms. The van der Waals surface area contributed by atoms with Gasteiger partial charge < -0.3 is 14.1 Å². The molecule has 0 fully saturated rings. The van der Waals surface area contributed by atoms with E-state index in [4.69, 9.17) is 20.8 Å². The molecule has 4 aromatic rings. The molecule has 6 heteroatoms. The lowest BCUT2D eigenvalue weighted by Crippen LogP contribution is -2.29. The number of ether oxygens (including phenoxy) is 1. The Morgan fingerprint density at radius 3 is 2.49 bits per heavy atom. The molecule has 0 saturated carbocycles. The predicted molar refractivity (Wildman–Crippen MR) is 137 cm³/mol. The van der Waals surface area contributed by atoms with Gasteiger partial charge in [-0.2, -0.15) is 0 Å². The second-order valence-corrected chi connectivity index (χ2v) is 9.11. The Hall–Kier alpha value is -3.83. The van der Waals surface area contributed by atoms with Gasteiger partial charge in [0.15, 0.2) is 5.43 Å². The number of halogens is 1. The molecule has 1 unspecified atom stereocenters. The number of amides is 1. The van der Waals surface area contributed by atoms with E-state index in [1.807, 2.05) is 68.4 Å². The molecule has 1 aromatic heterocycles. The number of fused-ring (bicyclic) bond motifs is 2. The summed E-state index contributed by atoms with van der Waals surface area (Å²) >= 11 is 6.43. The van der Waals surface area contributed by atoms with Crippen molar-refractivity contribution in [3.63, 3.8) is 0 Å². The Morgan fingerprint density at radius 2 is 1.77 bits per heavy atom. The molecule has 1 aliphatic heterocycles. The molecule has 0 saturated heterocycles. The normalized spacial score (nSPS) is 14.9. The number of aryl methyl sites for hydroxylation is 2. The van der Waals surface area contributed by atoms with Crippen LogP contribution in [0.4, 0.5) is 0 Å². The lowest BCUT2D eigenvalue weighted by atomic mass is 9.97. The van der Waals surface area contributed by atoms with Crippen molar-refractivity contribution in [3.05, 3.63) is 122 Å². The van der Waals surface area contributed by atoms with Crippen LogP contribution >= 0.6 is 11.6 Å². The van der Waals surface area contributed by atoms with Crippen molar-refractivity contribution in [2.45, 2.75) is 26.4 Å². The molecule has 0 N–H and O–H groups in total. The molecular weight excluding hydrogens is 462 g/mol. The summed E-state index contributed by atoms with van der Waals surface area (Å²) < 4.78 is 11.7. The Kier molecular flexibility index (Phi) is 5.95. The SMILES string of the molecule is C=CCOc1ccc(C2c3c(oc4cc(C)c(C)cc4c3=O)C(=O)N2Cc2ccccc2Cl)cc1. The zero-order chi connectivity index (χ0) is 24.7. The standard InChI is InChI=1S/C29H24ClNO4/c1-4-13-34-21-11-9-19(10-12-21)26-25-27(32)22-14-17(2)18(3)15-24(22)35-28(25)29(33)31(26)16-20-7-5-6-8-23(20)30/h4-12,14-15,26H,1,13,16H2,2-3H3. The fourth-order valence-electron chi connectivity index (χ4n) is 4.50. The van der Waals surface area contributed by atoms with Crippen LogP contribution in [0.5, 0.6) is 5.75 Å². The highest BCUT2D eigenvalue weighted by atomic mass is 35.5. The largest absolute Gasteiger partial charge is 0.490 e. The van der Waals surface area contributed by atoms with Crippen molar-refractivity contribution in [3.8, 4) is 5.75 Å². The second kappa shape index (κ2) is 9.08. The van der Waals surface area contributed by atoms with Gasteiger partial charge in [-0.1, -0.05) is 54.6 Å². The second-order valence-electron chi connectivity index (χ2n) is 8.70. The Balaban J connectivity index is 1.69. The molecule has 0 aliphatic carbocycles. The van der Waals surface area contributed by atoms with Gasteiger partial charge in [0.25, 0.3) is 5.91 Å². The van der Waals surface area contributed by atoms with Crippen LogP contribution in [-0.2, 0) is 6.54 Å². The molecule has 0 radical (unpaired) electrons. The quantitative estimate of drug-likeness (QED) is 0.297. The first-order valence-corrected chi connectivity index (χ1v) is 11.7. The van der Waals surface area contributed by atoms with Crippen LogP contribution in [0.2, 0.25) is 5.02 Å². The molecule has 0 bridgehead atoms. The zero-order valence-corrected chi connectivity index (χ0v) is 20.3. The topological polar surface area (TPSA) is 59.8 Å². The minimum Gasteiger partial charge on any atom is -0.490 e. The maximum Gasteiger partial charge on any atom is 0.291 e. The highest BCUT2D eigenvalue weighted by Gasteiger charge is 2.43. The third kappa shape index (κ3) is 4.02. The van der Waals surface area contributed by atoms with Crippen molar-refractivity contribution in [2.24, 2.45) is 0 Å². The first-order chi connectivity index (χ1) is 16.9. The lowest BCUT2D eigenvalue weighted by molar-refractivity contribution is 0.0714. The molecule has 1 atom stereocenters. The van der Waals surface area contributed by atoms with Gasteiger partial charge in [0.05, 0.1) is 17.0 Å². The van der Waals surface area contributed by atoms with E-state index in [1.165, 1.54) is 0 Å². The number of carbonyl (C=O) groups is 1. The molecule has 5 rings (SSSR count). The van der Waals surface area contributed by atoms with Crippen LogP contribution in [0.15, 0.2) is 82.5 Å². The van der Waals surface area contributed by atoms with Crippen molar-refractivity contribution in [2.75, 3.05) is 6.61 Å². The highest BCUT2D eigenvalue weighted by Crippen LogP contribution is 2.40. The minimum absolute atomic E-state index is 0.0785. The van der Waals surface area contributed by atoms with E-state index in [9.17, 15) is 9.59 Å². The summed E-state index contributed by atoms with van der Waals surface area (Å²) in [6.07, 6.45) is 1.67. The maximum atomic E-state index is 13.8. The molecule has 1 amide bonds. The number of carbonyl (C=O) groups excluding carboxylic acids is 1. The van der Waals surface area contributed by atoms with Gasteiger partial charge in [-0.25, -0.2) is 0 Å². The monoisotopic (exact) mass is 485 g/mol. The highest BCUT2D eigenvalue weighted by molar-refractivity contribution is 6.31. The number of hydrogen-bond donors (Lipinski definition) is 0. The Morgan fingerprint density at radius 1 is 1.06 bits per heavy atom. The van der Waals surface area contributed by atoms with Crippen molar-refractivity contribution in [1.82, 2.24) is 4.90 Å². The minimum atomic E-state index is -0.621. The predicted octanol–water partition coefficient (Wildman–Crippen LogP) is 6.37. The lowest BCUT2D eigenvalue weighted by Gasteiger charge is -2.25. The van der Waals surface area contributed by atoms with Crippen LogP contribution in [0.3, 0.4) is 0 Å². The van der Waals surface area contributed by atoms with Gasteiger partial charge >= 0.3 is 0 Å². The summed E-state index contributed by atoms with van der Waals surface area (Å²) in [5.41, 5.74) is 4.11. The summed E-state index contributed by atoms with van der Waals surface area (Å²) in [6.45, 7) is 8.19. The first kappa shape index (κ1) is 22.9. The average molecular weight is 486 g/mol. The molecule has 35 heavy (non-hydrogen) atoms. The van der Waals surface area contributed by atoms with Crippen molar-refractivity contribution >= 4 is 28.5 Å². The van der Waals surface area contributed by atoms with Gasteiger partial charge in [0, 0.05) is 11.6 Å². The van der Waals surface area contributed by atoms with Crippen molar-refractivity contribution in [1.29, 1.82) is 0 Å². The van der Waals surface area contributed by atoms with Gasteiger partial charge in [-0.3, -0.25) is 9.59 Å². The van der Waals surface area contributed by atoms with E-state index in [-0.39, 0.29) is 23.6 Å². The van der Waals surface area contributed by atoms with Gasteiger partial charge in [0.1, 0.15) is 17.9 Å². The summed E-state index contributed by atoms with van der Waals surface area (Å²) in [5, 5.41) is 1.02. The molecule has 3 aromatic carbocycles. The van der Waals surface area contributed by atoms with Gasteiger partial charge in [0.2, 0.25) is 5.76 Å². The number of rotatable bonds is 6. The Labute approximate surface area is 208 Å². The van der Waals surface area contributed by atoms with E-state index in [0.29, 0.717) is 33.9 Å². The van der Waals surface area contributed by atoms with E-state index in [1.54, 1.807) is 17.0 Å². The van der Waals surface area contributed by atoms with E-state index in [2.05, 4.69) is 6.58 Å². The van der Waals surface area contributed by atoms with Crippen LogP contribution in [-0.4, -0.2) is 17.4 Å². The van der Waals surface area contributed by atoms with E-state index in [0.717, 1.165) is 22.3 Å². The van der Waals surface area contributed by atoms with Crippen LogP contribution in [0.1, 0.15) is 44.4 Å². The van der Waals surface area contributed by atoms with Crippen LogP contribution < -0.4 is 10.2 Å². The van der Waals surface area contributed by atoms with Crippen LogP contribution in [0, 0.1) is 13.8 Å². The summed E-state index contributed by atoms with van der Waals surface area (Å²) in [4.78, 5) is 29.1. The zero-order valence-electron chi connectivity index (χ0n) is 19.5. The molecular formula is C29H24ClNO4. The fourth-order valence-corrected chi connectivity index (χ4v) is 4.69. The third-order valence-electron chi connectivity index (χ3n) is 6.44. The molecule has 5 nitrogen and oxygen atoms in total. The Bertz CT molecular complexity index is 1520. The first-order valence-electron chi connectivity index (χ1n) is 11.3. The average Bonchev–Trinajstić information content (AvgIpc) is 3.12. The summed E-state index contributed by atoms with van der Waals surface area (Å²) in [5.74, 6) is 0.413. The molecule has 2 heterocycles. The van der Waals surface area contributed by atoms with Gasteiger partial charge in [-0.15, -0.1) is 0 Å². The fraction of sp³-hybridized carbons (Fsp3) is 0.172. The smallest absolute Gasteiger partial charge is 0.291 e. The number of hydrogen-bond acceptors (Lipinski definition) is 4. The summed E-state index contributed by atoms with van der Waals surface area (Å²) in [6, 6.07) is 17.8. The van der Waals surface area contributed by atoms with E-state index >= 15 is 0 Å². The summed E-state index contributed by atoms with van der Waals surface area (Å²) in [7, 11) is 0. The van der Waals surface area contributed by atoms with Crippen LogP contribution in [0.25, 0.3) is 11.0 Å². The number of nitrogens with zero attached hydrogens (tertiary/aromatic N) is 1. The third-order valence-corrected chi connectivity index (χ3v) is 6.81. The number of benzene rings is 3. The van der Waals surface area contributed by atoms with E-state index < -0.39 is 6.04 Å². The van der Waals surface area contributed by atoms with Crippen molar-refractivity contribution < 1.29 is 13.9 Å².